The molecule has 1 atom stereocenters. The molecule has 0 aromatic heterocycles. The van der Waals surface area contributed by atoms with Gasteiger partial charge < -0.3 is 14.8 Å². The lowest BCUT2D eigenvalue weighted by atomic mass is 10.3. The number of hydrogen-bond donors (Lipinski definition) is 1. The number of carbonyl (C=O) groups excluding carboxylic acids is 2. The number of rotatable bonds is 2. The highest BCUT2D eigenvalue weighted by atomic mass is 32.2. The molecule has 0 amide bonds. The van der Waals surface area contributed by atoms with E-state index in [1.54, 1.807) is 6.07 Å². The van der Waals surface area contributed by atoms with E-state index in [1.165, 1.54) is 26.0 Å². The Labute approximate surface area is 96.6 Å². The highest BCUT2D eigenvalue weighted by molar-refractivity contribution is 8.03. The van der Waals surface area contributed by atoms with E-state index < -0.39 is 18.0 Å². The lowest BCUT2D eigenvalue weighted by Crippen LogP contribution is -2.33. The van der Waals surface area contributed by atoms with Gasteiger partial charge in [-0.05, 0) is 0 Å². The Morgan fingerprint density at radius 1 is 1.50 bits per heavy atom. The van der Waals surface area contributed by atoms with Crippen LogP contribution in [0.15, 0.2) is 10.6 Å². The van der Waals surface area contributed by atoms with Crippen LogP contribution in [0.5, 0.6) is 0 Å². The Morgan fingerprint density at radius 2 is 2.19 bits per heavy atom. The van der Waals surface area contributed by atoms with E-state index in [-0.39, 0.29) is 5.57 Å². The fourth-order valence-corrected chi connectivity index (χ4v) is 2.16. The zero-order valence-corrected chi connectivity index (χ0v) is 9.59. The van der Waals surface area contributed by atoms with Crippen LogP contribution in [-0.4, -0.2) is 38.0 Å². The average molecular weight is 242 g/mol. The van der Waals surface area contributed by atoms with Crippen molar-refractivity contribution in [2.24, 2.45) is 0 Å². The highest BCUT2D eigenvalue weighted by Gasteiger charge is 2.30. The van der Waals surface area contributed by atoms with Crippen LogP contribution in [0.2, 0.25) is 0 Å². The van der Waals surface area contributed by atoms with Gasteiger partial charge in [-0.3, -0.25) is 0 Å². The quantitative estimate of drug-likeness (QED) is 0.406. The van der Waals surface area contributed by atoms with Crippen LogP contribution in [0, 0.1) is 11.3 Å². The molecule has 0 aromatic rings. The molecule has 6 nitrogen and oxygen atoms in total. The Balaban J connectivity index is 2.84. The summed E-state index contributed by atoms with van der Waals surface area (Å²) in [6.07, 6.45) is 0. The van der Waals surface area contributed by atoms with Crippen molar-refractivity contribution in [1.82, 2.24) is 5.32 Å². The van der Waals surface area contributed by atoms with Gasteiger partial charge in [0.25, 0.3) is 0 Å². The summed E-state index contributed by atoms with van der Waals surface area (Å²) in [7, 11) is 2.47. The van der Waals surface area contributed by atoms with Gasteiger partial charge in [-0.25, -0.2) is 9.59 Å². The molecule has 0 aromatic carbocycles. The van der Waals surface area contributed by atoms with Gasteiger partial charge in [-0.1, -0.05) is 0 Å². The average Bonchev–Trinajstić information content (AvgIpc) is 2.78. The minimum atomic E-state index is -0.719. The van der Waals surface area contributed by atoms with E-state index in [2.05, 4.69) is 14.8 Å². The van der Waals surface area contributed by atoms with Gasteiger partial charge in [0, 0.05) is 5.75 Å². The number of esters is 2. The van der Waals surface area contributed by atoms with Crippen molar-refractivity contribution < 1.29 is 19.1 Å². The molecule has 0 radical (unpaired) electrons. The van der Waals surface area contributed by atoms with Crippen molar-refractivity contribution in [2.75, 3.05) is 20.0 Å². The first kappa shape index (κ1) is 12.4. The standard InChI is InChI=1S/C9H10N2O4S/c1-14-8(12)5(3-10)7-11-6(4-16-7)9(13)15-2/h6,11H,4H2,1-2H3/b7-5+. The molecule has 1 heterocycles. The largest absolute Gasteiger partial charge is 0.467 e. The van der Waals surface area contributed by atoms with Crippen LogP contribution in [-0.2, 0) is 19.1 Å². The molecule has 0 saturated carbocycles. The van der Waals surface area contributed by atoms with Crippen molar-refractivity contribution >= 4 is 23.7 Å². The molecule has 0 aliphatic carbocycles. The molecule has 1 rings (SSSR count). The van der Waals surface area contributed by atoms with Crippen LogP contribution >= 0.6 is 11.8 Å². The number of carbonyl (C=O) groups is 2. The molecule has 1 saturated heterocycles. The Kier molecular flexibility index (Phi) is 4.19. The maximum absolute atomic E-state index is 11.2. The van der Waals surface area contributed by atoms with Crippen molar-refractivity contribution in [3.05, 3.63) is 10.6 Å². The van der Waals surface area contributed by atoms with Crippen LogP contribution in [0.1, 0.15) is 0 Å². The fraction of sp³-hybridized carbons (Fsp3) is 0.444. The maximum Gasteiger partial charge on any atom is 0.351 e. The SMILES string of the molecule is COC(=O)/C(C#N)=C1\NC(C(=O)OC)CS1. The summed E-state index contributed by atoms with van der Waals surface area (Å²) in [5.74, 6) is -0.725. The smallest absolute Gasteiger partial charge is 0.351 e. The van der Waals surface area contributed by atoms with Gasteiger partial charge >= 0.3 is 11.9 Å². The van der Waals surface area contributed by atoms with E-state index in [1.807, 2.05) is 0 Å². The summed E-state index contributed by atoms with van der Waals surface area (Å²) in [6.45, 7) is 0. The molecule has 86 valence electrons. The minimum Gasteiger partial charge on any atom is -0.467 e. The van der Waals surface area contributed by atoms with Crippen molar-refractivity contribution in [1.29, 1.82) is 5.26 Å². The number of ether oxygens (including phenoxy) is 2. The molecule has 7 heteroatoms. The first-order valence-corrected chi connectivity index (χ1v) is 5.32. The summed E-state index contributed by atoms with van der Waals surface area (Å²) in [4.78, 5) is 22.4. The van der Waals surface area contributed by atoms with E-state index in [9.17, 15) is 9.59 Å². The monoisotopic (exact) mass is 242 g/mol. The first-order chi connectivity index (χ1) is 7.63. The normalized spacial score (nSPS) is 21.7. The van der Waals surface area contributed by atoms with E-state index in [4.69, 9.17) is 5.26 Å². The zero-order valence-electron chi connectivity index (χ0n) is 8.77. The third-order valence-electron chi connectivity index (χ3n) is 1.91. The summed E-state index contributed by atoms with van der Waals surface area (Å²) in [5, 5.41) is 11.9. The second-order valence-electron chi connectivity index (χ2n) is 2.84. The summed E-state index contributed by atoms with van der Waals surface area (Å²) >= 11 is 1.21. The Hall–Kier alpha value is -1.68. The summed E-state index contributed by atoms with van der Waals surface area (Å²) in [6, 6.07) is 1.21. The van der Waals surface area contributed by atoms with Gasteiger partial charge in [-0.2, -0.15) is 5.26 Å². The van der Waals surface area contributed by atoms with E-state index >= 15 is 0 Å². The van der Waals surface area contributed by atoms with E-state index in [0.717, 1.165) is 0 Å². The zero-order chi connectivity index (χ0) is 12.1. The van der Waals surface area contributed by atoms with Gasteiger partial charge in [-0.15, -0.1) is 11.8 Å². The van der Waals surface area contributed by atoms with Crippen LogP contribution < -0.4 is 5.32 Å². The predicted octanol–water partition coefficient (Wildman–Crippen LogP) is -0.227. The third kappa shape index (κ3) is 2.46. The molecule has 16 heavy (non-hydrogen) atoms. The molecule has 0 spiro atoms. The molecule has 1 aliphatic heterocycles. The third-order valence-corrected chi connectivity index (χ3v) is 3.02. The Morgan fingerprint density at radius 3 is 2.69 bits per heavy atom. The second-order valence-corrected chi connectivity index (χ2v) is 3.87. The lowest BCUT2D eigenvalue weighted by molar-refractivity contribution is -0.142. The first-order valence-electron chi connectivity index (χ1n) is 4.33. The summed E-state index contributed by atoms with van der Waals surface area (Å²) < 4.78 is 9.00. The molecular formula is C9H10N2O4S. The number of nitrogens with one attached hydrogen (secondary N) is 1. The Bertz CT molecular complexity index is 385. The number of methoxy groups -OCH3 is 2. The van der Waals surface area contributed by atoms with Gasteiger partial charge in [0.15, 0.2) is 5.57 Å². The maximum atomic E-state index is 11.2. The van der Waals surface area contributed by atoms with Gasteiger partial charge in [0.05, 0.1) is 19.2 Å². The number of nitrogens with zero attached hydrogens (tertiary/aromatic N) is 1. The number of hydrogen-bond acceptors (Lipinski definition) is 7. The highest BCUT2D eigenvalue weighted by Crippen LogP contribution is 2.26. The molecule has 1 aliphatic rings. The molecule has 0 bridgehead atoms. The van der Waals surface area contributed by atoms with Crippen molar-refractivity contribution in [3.8, 4) is 6.07 Å². The summed E-state index contributed by atoms with van der Waals surface area (Å²) in [5.41, 5.74) is -0.126. The number of nitriles is 1. The van der Waals surface area contributed by atoms with E-state index in [0.29, 0.717) is 10.8 Å². The van der Waals surface area contributed by atoms with Crippen molar-refractivity contribution in [2.45, 2.75) is 6.04 Å². The molecule has 1 unspecified atom stereocenters. The van der Waals surface area contributed by atoms with Crippen molar-refractivity contribution in [3.63, 3.8) is 0 Å². The number of thioether (sulfide) groups is 1. The van der Waals surface area contributed by atoms with Crippen LogP contribution in [0.3, 0.4) is 0 Å². The molecule has 1 N–H and O–H groups in total. The molecular weight excluding hydrogens is 232 g/mol. The van der Waals surface area contributed by atoms with Gasteiger partial charge in [0.2, 0.25) is 0 Å². The lowest BCUT2D eigenvalue weighted by Gasteiger charge is -2.07. The van der Waals surface area contributed by atoms with Gasteiger partial charge in [0.1, 0.15) is 12.1 Å². The predicted molar refractivity (Wildman–Crippen MR) is 56.1 cm³/mol. The van der Waals surface area contributed by atoms with Crippen LogP contribution in [0.4, 0.5) is 0 Å². The van der Waals surface area contributed by atoms with Crippen LogP contribution in [0.25, 0.3) is 0 Å². The second kappa shape index (κ2) is 5.42. The topological polar surface area (TPSA) is 88.4 Å². The minimum absolute atomic E-state index is 0.126. The fourth-order valence-electron chi connectivity index (χ4n) is 1.11. The molecule has 1 fully saturated rings.